The second-order valence-electron chi connectivity index (χ2n) is 14.1. The summed E-state index contributed by atoms with van der Waals surface area (Å²) in [5, 5.41) is 2.48. The molecular weight excluding hydrogens is 557 g/mol. The summed E-state index contributed by atoms with van der Waals surface area (Å²) >= 11 is 0. The zero-order valence-corrected chi connectivity index (χ0v) is 28.6. The van der Waals surface area contributed by atoms with Crippen LogP contribution in [-0.2, 0) is 24.2 Å². The molecule has 1 saturated carbocycles. The van der Waals surface area contributed by atoms with E-state index in [0.717, 1.165) is 42.6 Å². The van der Waals surface area contributed by atoms with Gasteiger partial charge in [-0.2, -0.15) is 0 Å². The Hall–Kier alpha value is -2.34. The molecule has 226 valence electrons. The summed E-state index contributed by atoms with van der Waals surface area (Å²) in [5.74, 6) is 0.931. The van der Waals surface area contributed by atoms with E-state index in [1.54, 1.807) is 14.2 Å². The summed E-state index contributed by atoms with van der Waals surface area (Å²) in [6, 6.07) is 27.5. The molecule has 3 aromatic rings. The first kappa shape index (κ1) is 31.1. The van der Waals surface area contributed by atoms with Gasteiger partial charge in [-0.3, -0.25) is 0 Å². The van der Waals surface area contributed by atoms with Gasteiger partial charge in [-0.25, -0.2) is 4.98 Å². The van der Waals surface area contributed by atoms with Gasteiger partial charge in [0.05, 0.1) is 11.3 Å². The number of nitrogens with zero attached hydrogens (tertiary/aromatic N) is 2. The molecule has 0 saturated heterocycles. The van der Waals surface area contributed by atoms with Crippen LogP contribution in [0.5, 0.6) is 0 Å². The van der Waals surface area contributed by atoms with Gasteiger partial charge in [0.25, 0.3) is 8.32 Å². The molecule has 1 aromatic heterocycles. The van der Waals surface area contributed by atoms with E-state index in [4.69, 9.17) is 23.6 Å². The molecule has 2 aromatic carbocycles. The fourth-order valence-corrected chi connectivity index (χ4v) is 12.2. The number of anilines is 1. The fourth-order valence-electron chi connectivity index (χ4n) is 6.61. The molecule has 8 heteroatoms. The van der Waals surface area contributed by atoms with Gasteiger partial charge in [0.15, 0.2) is 0 Å². The highest BCUT2D eigenvalue weighted by Gasteiger charge is 2.62. The molecule has 0 unspecified atom stereocenters. The predicted octanol–water partition coefficient (Wildman–Crippen LogP) is 6.44. The number of hydrogen-bond acceptors (Lipinski definition) is 6. The third-order valence-electron chi connectivity index (χ3n) is 8.89. The van der Waals surface area contributed by atoms with E-state index in [1.807, 2.05) is 6.07 Å². The molecule has 1 aliphatic carbocycles. The molecule has 2 bridgehead atoms. The number of pyridine rings is 1. The molecule has 0 radical (unpaired) electrons. The molecule has 0 amide bonds. The van der Waals surface area contributed by atoms with E-state index in [-0.39, 0.29) is 5.04 Å². The van der Waals surface area contributed by atoms with Crippen LogP contribution in [0.2, 0.25) is 30.7 Å². The zero-order chi connectivity index (χ0) is 30.2. The van der Waals surface area contributed by atoms with Crippen LogP contribution in [0.15, 0.2) is 72.8 Å². The van der Waals surface area contributed by atoms with Crippen molar-refractivity contribution >= 4 is 32.6 Å². The number of benzene rings is 2. The number of methoxy groups -OCH3 is 2. The molecule has 0 spiro atoms. The van der Waals surface area contributed by atoms with Gasteiger partial charge in [-0.1, -0.05) is 107 Å². The second-order valence-corrected chi connectivity index (χ2v) is 23.9. The Balaban J connectivity index is 1.59. The van der Waals surface area contributed by atoms with Crippen molar-refractivity contribution < 1.29 is 18.6 Å². The lowest BCUT2D eigenvalue weighted by Gasteiger charge is -2.61. The van der Waals surface area contributed by atoms with Gasteiger partial charge in [0, 0.05) is 53.3 Å². The summed E-state index contributed by atoms with van der Waals surface area (Å²) < 4.78 is 25.3. The highest BCUT2D eigenvalue weighted by atomic mass is 28.4. The monoisotopic (exact) mass is 604 g/mol. The van der Waals surface area contributed by atoms with Crippen molar-refractivity contribution in [3.63, 3.8) is 0 Å². The lowest BCUT2D eigenvalue weighted by Crippen LogP contribution is -2.73. The SMILES string of the molecule is COC(OC)c1ccc2c(n1)N(COCC[Si](C)(C)C)C1CC2(O[Si](c2ccccc2)(c2ccccc2)C(C)(C)C)C1. The lowest BCUT2D eigenvalue weighted by molar-refractivity contribution is -0.109. The van der Waals surface area contributed by atoms with Gasteiger partial charge in [-0.05, 0) is 27.5 Å². The third kappa shape index (κ3) is 5.77. The Morgan fingerprint density at radius 1 is 0.881 bits per heavy atom. The van der Waals surface area contributed by atoms with E-state index in [9.17, 15) is 0 Å². The van der Waals surface area contributed by atoms with Crippen LogP contribution >= 0.6 is 0 Å². The van der Waals surface area contributed by atoms with Crippen molar-refractivity contribution in [3.05, 3.63) is 84.1 Å². The van der Waals surface area contributed by atoms with Crippen LogP contribution in [0.1, 0.15) is 51.2 Å². The van der Waals surface area contributed by atoms with E-state index in [0.29, 0.717) is 12.8 Å². The van der Waals surface area contributed by atoms with Crippen LogP contribution in [0, 0.1) is 0 Å². The van der Waals surface area contributed by atoms with Crippen molar-refractivity contribution in [2.24, 2.45) is 0 Å². The minimum absolute atomic E-state index is 0.114. The fraction of sp³-hybridized carbons (Fsp3) is 0.500. The molecule has 42 heavy (non-hydrogen) atoms. The number of rotatable bonds is 12. The molecule has 6 nitrogen and oxygen atoms in total. The molecule has 2 aliphatic heterocycles. The van der Waals surface area contributed by atoms with E-state index in [2.05, 4.69) is 112 Å². The zero-order valence-electron chi connectivity index (χ0n) is 26.6. The maximum atomic E-state index is 7.84. The maximum Gasteiger partial charge on any atom is 0.262 e. The second kappa shape index (κ2) is 12.0. The van der Waals surface area contributed by atoms with Crippen LogP contribution in [-0.4, -0.2) is 55.0 Å². The first-order valence-corrected chi connectivity index (χ1v) is 20.8. The molecule has 0 atom stereocenters. The molecular formula is C34H48N2O4Si2. The smallest absolute Gasteiger partial charge is 0.262 e. The number of aromatic nitrogens is 1. The third-order valence-corrected chi connectivity index (χ3v) is 15.7. The summed E-state index contributed by atoms with van der Waals surface area (Å²) in [6.07, 6.45) is 1.30. The van der Waals surface area contributed by atoms with Crippen LogP contribution in [0.25, 0.3) is 0 Å². The van der Waals surface area contributed by atoms with Crippen molar-refractivity contribution in [3.8, 4) is 0 Å². The summed E-state index contributed by atoms with van der Waals surface area (Å²) in [4.78, 5) is 7.52. The predicted molar refractivity (Wildman–Crippen MR) is 176 cm³/mol. The Bertz CT molecular complexity index is 1290. The first-order chi connectivity index (χ1) is 19.9. The van der Waals surface area contributed by atoms with Crippen molar-refractivity contribution in [1.82, 2.24) is 4.98 Å². The van der Waals surface area contributed by atoms with Gasteiger partial charge in [-0.15, -0.1) is 0 Å². The molecule has 3 aliphatic rings. The average molecular weight is 605 g/mol. The largest absolute Gasteiger partial charge is 0.398 e. The Kier molecular flexibility index (Phi) is 8.87. The molecule has 1 fully saturated rings. The Morgan fingerprint density at radius 3 is 1.95 bits per heavy atom. The number of hydrogen-bond donors (Lipinski definition) is 0. The summed E-state index contributed by atoms with van der Waals surface area (Å²) in [6.45, 7) is 15.5. The highest BCUT2D eigenvalue weighted by molar-refractivity contribution is 6.99. The van der Waals surface area contributed by atoms with Crippen LogP contribution in [0.3, 0.4) is 0 Å². The van der Waals surface area contributed by atoms with E-state index in [1.165, 1.54) is 10.4 Å². The van der Waals surface area contributed by atoms with E-state index < -0.39 is 28.3 Å². The molecule has 6 rings (SSSR count). The minimum atomic E-state index is -2.79. The minimum Gasteiger partial charge on any atom is -0.398 e. The van der Waals surface area contributed by atoms with E-state index >= 15 is 0 Å². The standard InChI is InChI=1S/C34H48N2O4Si2/c1-33(2,3)42(27-15-11-9-12-16-27,28-17-13-10-14-18-28)40-34-23-26(24-34)36(25-39-21-22-41(6,7)8)31-29(34)19-20-30(35-31)32(37-4)38-5/h9-20,26,32H,21-25H2,1-8H3. The maximum absolute atomic E-state index is 7.84. The van der Waals surface area contributed by atoms with Gasteiger partial charge < -0.3 is 23.5 Å². The number of ether oxygens (including phenoxy) is 3. The normalized spacial score (nSPS) is 20.4. The molecule has 0 N–H and O–H groups in total. The van der Waals surface area contributed by atoms with Gasteiger partial charge >= 0.3 is 0 Å². The Labute approximate surface area is 254 Å². The average Bonchev–Trinajstić information content (AvgIpc) is 2.94. The Morgan fingerprint density at radius 2 is 1.45 bits per heavy atom. The highest BCUT2D eigenvalue weighted by Crippen LogP contribution is 2.58. The van der Waals surface area contributed by atoms with Crippen LogP contribution in [0.4, 0.5) is 5.82 Å². The van der Waals surface area contributed by atoms with Gasteiger partial charge in [0.2, 0.25) is 6.29 Å². The van der Waals surface area contributed by atoms with Crippen LogP contribution < -0.4 is 15.3 Å². The first-order valence-electron chi connectivity index (χ1n) is 15.2. The van der Waals surface area contributed by atoms with Crippen molar-refractivity contribution in [2.45, 2.75) is 82.3 Å². The quantitative estimate of drug-likeness (QED) is 0.135. The topological polar surface area (TPSA) is 53.1 Å². The molecule has 3 heterocycles. The lowest BCUT2D eigenvalue weighted by atomic mass is 9.67. The van der Waals surface area contributed by atoms with Crippen molar-refractivity contribution in [1.29, 1.82) is 0 Å². The van der Waals surface area contributed by atoms with Crippen molar-refractivity contribution in [2.75, 3.05) is 32.5 Å². The van der Waals surface area contributed by atoms with Gasteiger partial charge in [0.1, 0.15) is 12.5 Å². The summed E-state index contributed by atoms with van der Waals surface area (Å²) in [7, 11) is -0.670. The summed E-state index contributed by atoms with van der Waals surface area (Å²) in [5.41, 5.74) is 1.47.